The smallest absolute Gasteiger partial charge is 0.416 e. The van der Waals surface area contributed by atoms with Crippen LogP contribution in [0.2, 0.25) is 0 Å². The van der Waals surface area contributed by atoms with Gasteiger partial charge in [0, 0.05) is 36.9 Å². The lowest BCUT2D eigenvalue weighted by Gasteiger charge is -2.24. The predicted octanol–water partition coefficient (Wildman–Crippen LogP) is 6.31. The van der Waals surface area contributed by atoms with Gasteiger partial charge in [0.25, 0.3) is 0 Å². The number of cyclic esters (lactones) is 1. The number of amides is 1. The number of benzene rings is 3. The summed E-state index contributed by atoms with van der Waals surface area (Å²) in [5.74, 6) is -0.0786. The molecule has 0 radical (unpaired) electrons. The van der Waals surface area contributed by atoms with Gasteiger partial charge in [-0.3, -0.25) is 14.7 Å². The molecule has 220 valence electrons. The third-order valence-corrected chi connectivity index (χ3v) is 7.43. The van der Waals surface area contributed by atoms with Gasteiger partial charge in [-0.05, 0) is 42.3 Å². The van der Waals surface area contributed by atoms with E-state index in [1.54, 1.807) is 30.3 Å². The van der Waals surface area contributed by atoms with E-state index in [1.807, 2.05) is 43.4 Å². The number of ether oxygens (including phenoxy) is 3. The zero-order chi connectivity index (χ0) is 30.0. The minimum Gasteiger partial charge on any atom is -0.469 e. The summed E-state index contributed by atoms with van der Waals surface area (Å²) in [6.07, 6.45) is -4.06. The van der Waals surface area contributed by atoms with E-state index in [0.717, 1.165) is 23.3 Å². The third kappa shape index (κ3) is 6.19. The molecule has 3 atom stereocenters. The van der Waals surface area contributed by atoms with Crippen molar-refractivity contribution in [1.29, 1.82) is 0 Å². The van der Waals surface area contributed by atoms with Gasteiger partial charge < -0.3 is 14.2 Å². The topological polar surface area (TPSA) is 80.7 Å². The molecule has 2 heterocycles. The predicted molar refractivity (Wildman–Crippen MR) is 148 cm³/mol. The minimum absolute atomic E-state index is 0.0102. The second kappa shape index (κ2) is 11.8. The molecule has 5 rings (SSSR count). The number of esters is 1. The summed E-state index contributed by atoms with van der Waals surface area (Å²) in [6, 6.07) is 17.2. The zero-order valence-corrected chi connectivity index (χ0v) is 23.3. The van der Waals surface area contributed by atoms with Crippen LogP contribution in [0.3, 0.4) is 0 Å². The van der Waals surface area contributed by atoms with E-state index < -0.39 is 35.9 Å². The van der Waals surface area contributed by atoms with Crippen molar-refractivity contribution in [2.75, 3.05) is 20.7 Å². The number of hydrogen-bond donors (Lipinski definition) is 0. The van der Waals surface area contributed by atoms with Crippen molar-refractivity contribution < 1.29 is 37.0 Å². The first-order valence-corrected chi connectivity index (χ1v) is 13.4. The molecular formula is C31H30F3N3O5. The number of alkyl halides is 3. The summed E-state index contributed by atoms with van der Waals surface area (Å²) in [6.45, 7) is 2.19. The van der Waals surface area contributed by atoms with Gasteiger partial charge >= 0.3 is 18.2 Å². The van der Waals surface area contributed by atoms with Crippen LogP contribution in [0.1, 0.15) is 46.8 Å². The second-order valence-corrected chi connectivity index (χ2v) is 10.3. The zero-order valence-electron chi connectivity index (χ0n) is 23.3. The fourth-order valence-electron chi connectivity index (χ4n) is 5.16. The summed E-state index contributed by atoms with van der Waals surface area (Å²) < 4.78 is 58.1. The van der Waals surface area contributed by atoms with Gasteiger partial charge in [-0.25, -0.2) is 4.79 Å². The van der Waals surface area contributed by atoms with Gasteiger partial charge in [0.2, 0.25) is 0 Å². The summed E-state index contributed by atoms with van der Waals surface area (Å²) in [5, 5.41) is 6.06. The molecular weight excluding hydrogens is 551 g/mol. The van der Waals surface area contributed by atoms with Gasteiger partial charge in [-0.2, -0.15) is 18.3 Å². The molecule has 1 amide bonds. The van der Waals surface area contributed by atoms with Crippen LogP contribution in [-0.4, -0.2) is 54.9 Å². The van der Waals surface area contributed by atoms with Crippen molar-refractivity contribution in [2.45, 2.75) is 44.1 Å². The Morgan fingerprint density at radius 3 is 2.50 bits per heavy atom. The molecule has 1 fully saturated rings. The van der Waals surface area contributed by atoms with E-state index in [1.165, 1.54) is 18.1 Å². The Morgan fingerprint density at radius 2 is 1.83 bits per heavy atom. The van der Waals surface area contributed by atoms with Crippen LogP contribution in [0.25, 0.3) is 0 Å². The van der Waals surface area contributed by atoms with Crippen LogP contribution < -0.4 is 4.74 Å². The molecule has 0 bridgehead atoms. The number of hydrazone groups is 1. The number of hydrogen-bond acceptors (Lipinski definition) is 7. The summed E-state index contributed by atoms with van der Waals surface area (Å²) in [4.78, 5) is 26.3. The first kappa shape index (κ1) is 29.0. The molecule has 1 unspecified atom stereocenters. The molecule has 0 aromatic heterocycles. The van der Waals surface area contributed by atoms with Crippen LogP contribution in [0, 0.1) is 0 Å². The minimum atomic E-state index is -4.60. The van der Waals surface area contributed by atoms with E-state index >= 15 is 0 Å². The quantitative estimate of drug-likeness (QED) is 0.290. The lowest BCUT2D eigenvalue weighted by molar-refractivity contribution is -0.140. The van der Waals surface area contributed by atoms with Gasteiger partial charge in [0.05, 0.1) is 31.7 Å². The van der Waals surface area contributed by atoms with Crippen LogP contribution >= 0.6 is 0 Å². The molecule has 2 aliphatic heterocycles. The van der Waals surface area contributed by atoms with E-state index in [-0.39, 0.29) is 30.2 Å². The molecule has 0 saturated carbocycles. The molecule has 3 aromatic rings. The molecule has 3 aromatic carbocycles. The standard InChI is InChI=1S/C31H30F3N3O5/c1-19-29(21-7-5-4-6-8-21)42-30(39)37(19)18-22-15-24(31(32,33)34)10-12-26(22)41-27-13-20(14-28(38)40-3)9-11-25(27)23-16-35-36(2)17-23/h4-13,15-16,19,23,29H,14,17-18H2,1-3H3/t19-,23?,29-/m1/s1. The average Bonchev–Trinajstić information content (AvgIpc) is 3.52. The van der Waals surface area contributed by atoms with Crippen LogP contribution in [0.15, 0.2) is 71.8 Å². The molecule has 0 spiro atoms. The number of likely N-dealkylation sites (N-methyl/N-ethyl adjacent to an activating group) is 1. The van der Waals surface area contributed by atoms with E-state index in [4.69, 9.17) is 14.2 Å². The maximum absolute atomic E-state index is 13.8. The van der Waals surface area contributed by atoms with Crippen LogP contribution in [0.4, 0.5) is 18.0 Å². The molecule has 0 aliphatic carbocycles. The summed E-state index contributed by atoms with van der Waals surface area (Å²) >= 11 is 0. The number of halogens is 3. The van der Waals surface area contributed by atoms with E-state index in [0.29, 0.717) is 17.9 Å². The van der Waals surface area contributed by atoms with E-state index in [9.17, 15) is 22.8 Å². The highest BCUT2D eigenvalue weighted by atomic mass is 19.4. The maximum Gasteiger partial charge on any atom is 0.416 e. The van der Waals surface area contributed by atoms with Crippen molar-refractivity contribution >= 4 is 18.3 Å². The van der Waals surface area contributed by atoms with Gasteiger partial charge in [0.15, 0.2) is 0 Å². The number of methoxy groups -OCH3 is 1. The largest absolute Gasteiger partial charge is 0.469 e. The molecule has 1 saturated heterocycles. The number of carbonyl (C=O) groups is 2. The highest BCUT2D eigenvalue weighted by Crippen LogP contribution is 2.40. The number of nitrogens with zero attached hydrogens (tertiary/aromatic N) is 3. The summed E-state index contributed by atoms with van der Waals surface area (Å²) in [7, 11) is 3.12. The van der Waals surface area contributed by atoms with Crippen molar-refractivity contribution in [2.24, 2.45) is 5.10 Å². The van der Waals surface area contributed by atoms with Crippen LogP contribution in [-0.2, 0) is 33.4 Å². The van der Waals surface area contributed by atoms with Gasteiger partial charge in [-0.1, -0.05) is 42.5 Å². The highest BCUT2D eigenvalue weighted by molar-refractivity contribution is 5.74. The summed E-state index contributed by atoms with van der Waals surface area (Å²) in [5.41, 5.74) is 1.44. The Bertz CT molecular complexity index is 1490. The highest BCUT2D eigenvalue weighted by Gasteiger charge is 2.40. The first-order valence-electron chi connectivity index (χ1n) is 13.4. The van der Waals surface area contributed by atoms with Crippen molar-refractivity contribution in [3.05, 3.63) is 94.5 Å². The fourth-order valence-corrected chi connectivity index (χ4v) is 5.16. The Labute approximate surface area is 241 Å². The van der Waals surface area contributed by atoms with Gasteiger partial charge in [-0.15, -0.1) is 0 Å². The molecule has 42 heavy (non-hydrogen) atoms. The molecule has 0 N–H and O–H groups in total. The fraction of sp³-hybridized carbons (Fsp3) is 0.323. The monoisotopic (exact) mass is 581 g/mol. The lowest BCUT2D eigenvalue weighted by atomic mass is 9.97. The SMILES string of the molecule is COC(=O)Cc1ccc(C2C=NN(C)C2)c(Oc2ccc(C(F)(F)F)cc2CN2C(=O)O[C@@H](c3ccccc3)[C@H]2C)c1. The van der Waals surface area contributed by atoms with Crippen molar-refractivity contribution in [1.82, 2.24) is 9.91 Å². The first-order chi connectivity index (χ1) is 20.0. The normalized spacial score (nSPS) is 20.1. The van der Waals surface area contributed by atoms with Crippen molar-refractivity contribution in [3.8, 4) is 11.5 Å². The third-order valence-electron chi connectivity index (χ3n) is 7.43. The van der Waals surface area contributed by atoms with Crippen LogP contribution in [0.5, 0.6) is 11.5 Å². The lowest BCUT2D eigenvalue weighted by Crippen LogP contribution is -2.31. The molecule has 11 heteroatoms. The number of rotatable bonds is 8. The Kier molecular flexibility index (Phi) is 8.11. The van der Waals surface area contributed by atoms with Gasteiger partial charge in [0.1, 0.15) is 17.6 Å². The Balaban J connectivity index is 1.51. The van der Waals surface area contributed by atoms with Crippen molar-refractivity contribution in [3.63, 3.8) is 0 Å². The second-order valence-electron chi connectivity index (χ2n) is 10.3. The maximum atomic E-state index is 13.8. The van der Waals surface area contributed by atoms with E-state index in [2.05, 4.69) is 5.10 Å². The Hall–Kier alpha value is -4.54. The number of carbonyl (C=O) groups excluding carboxylic acids is 2. The molecule has 8 nitrogen and oxygen atoms in total. The molecule has 2 aliphatic rings. The average molecular weight is 582 g/mol. The Morgan fingerprint density at radius 1 is 1.07 bits per heavy atom.